The van der Waals surface area contributed by atoms with Crippen molar-refractivity contribution in [2.75, 3.05) is 0 Å². The maximum Gasteiger partial charge on any atom is 0.315 e. The first-order chi connectivity index (χ1) is 10.2. The number of benzene rings is 2. The highest BCUT2D eigenvalue weighted by Gasteiger charge is 2.18. The average Bonchev–Trinajstić information content (AvgIpc) is 2.88. The van der Waals surface area contributed by atoms with Crippen LogP contribution in [0.25, 0.3) is 11.0 Å². The third-order valence-electron chi connectivity index (χ3n) is 3.10. The molecule has 0 spiro atoms. The van der Waals surface area contributed by atoms with E-state index in [0.29, 0.717) is 23.1 Å². The van der Waals surface area contributed by atoms with Gasteiger partial charge in [0.1, 0.15) is 11.3 Å². The predicted octanol–water partition coefficient (Wildman–Crippen LogP) is 2.94. The van der Waals surface area contributed by atoms with Gasteiger partial charge in [0, 0.05) is 11.6 Å². The van der Waals surface area contributed by atoms with E-state index in [1.165, 1.54) is 12.3 Å². The van der Waals surface area contributed by atoms with E-state index in [1.54, 1.807) is 18.2 Å². The zero-order valence-corrected chi connectivity index (χ0v) is 11.1. The summed E-state index contributed by atoms with van der Waals surface area (Å²) in [6.07, 6.45) is 1.83. The topological polar surface area (TPSA) is 56.5 Å². The Hall–Kier alpha value is -2.88. The lowest BCUT2D eigenvalue weighted by molar-refractivity contribution is -0.131. The van der Waals surface area contributed by atoms with E-state index in [-0.39, 0.29) is 11.4 Å². The molecule has 4 heteroatoms. The number of rotatable bonds is 0. The molecule has 1 aliphatic rings. The lowest BCUT2D eigenvalue weighted by atomic mass is 10.2. The van der Waals surface area contributed by atoms with Crippen LogP contribution in [0.4, 0.5) is 0 Å². The average molecular weight is 280 g/mol. The zero-order valence-electron chi connectivity index (χ0n) is 11.1. The van der Waals surface area contributed by atoms with Gasteiger partial charge in [0.15, 0.2) is 5.43 Å². The Balaban J connectivity index is 0.000000126. The molecule has 0 aliphatic carbocycles. The second kappa shape index (κ2) is 5.63. The molecular weight excluding hydrogens is 268 g/mol. The van der Waals surface area contributed by atoms with Gasteiger partial charge in [-0.1, -0.05) is 30.3 Å². The van der Waals surface area contributed by atoms with Crippen molar-refractivity contribution in [1.29, 1.82) is 0 Å². The molecule has 0 saturated heterocycles. The number of hydrogen-bond donors (Lipinski definition) is 0. The molecule has 0 atom stereocenters. The van der Waals surface area contributed by atoms with Crippen LogP contribution >= 0.6 is 0 Å². The minimum atomic E-state index is -0.152. The van der Waals surface area contributed by atoms with Crippen molar-refractivity contribution in [2.24, 2.45) is 0 Å². The monoisotopic (exact) mass is 280 g/mol. The Morgan fingerprint density at radius 3 is 2.43 bits per heavy atom. The standard InChI is InChI=1S/C9H6O2.C8H6O2/c10-8-5-6-11-9-4-2-1-3-7(8)9;9-8-5-6-3-1-2-4-7(6)10-8/h1-6H;1-4H,5H2. The van der Waals surface area contributed by atoms with Gasteiger partial charge in [0.05, 0.1) is 18.1 Å². The molecule has 3 aromatic rings. The minimum Gasteiger partial charge on any atom is -0.464 e. The number of esters is 1. The normalized spacial score (nSPS) is 12.3. The summed E-state index contributed by atoms with van der Waals surface area (Å²) in [5, 5.41) is 0.634. The number of carbonyl (C=O) groups is 1. The van der Waals surface area contributed by atoms with Gasteiger partial charge in [-0.15, -0.1) is 0 Å². The van der Waals surface area contributed by atoms with E-state index in [4.69, 9.17) is 9.15 Å². The van der Waals surface area contributed by atoms with Gasteiger partial charge in [0.2, 0.25) is 0 Å². The van der Waals surface area contributed by atoms with Crippen molar-refractivity contribution in [3.05, 3.63) is 76.6 Å². The van der Waals surface area contributed by atoms with Crippen molar-refractivity contribution >= 4 is 16.9 Å². The Labute approximate surface area is 120 Å². The van der Waals surface area contributed by atoms with E-state index < -0.39 is 0 Å². The molecule has 1 aliphatic heterocycles. The van der Waals surface area contributed by atoms with Crippen molar-refractivity contribution in [3.63, 3.8) is 0 Å². The number of hydrogen-bond acceptors (Lipinski definition) is 4. The molecule has 104 valence electrons. The van der Waals surface area contributed by atoms with Crippen LogP contribution in [0.1, 0.15) is 5.56 Å². The molecule has 4 nitrogen and oxygen atoms in total. The fourth-order valence-electron chi connectivity index (χ4n) is 2.10. The highest BCUT2D eigenvalue weighted by molar-refractivity contribution is 5.80. The van der Waals surface area contributed by atoms with Gasteiger partial charge in [0.25, 0.3) is 0 Å². The van der Waals surface area contributed by atoms with E-state index in [9.17, 15) is 9.59 Å². The summed E-state index contributed by atoms with van der Waals surface area (Å²) in [6, 6.07) is 16.1. The summed E-state index contributed by atoms with van der Waals surface area (Å²) in [5.74, 6) is 0.564. The molecule has 0 unspecified atom stereocenters. The lowest BCUT2D eigenvalue weighted by Crippen LogP contribution is -1.99. The lowest BCUT2D eigenvalue weighted by Gasteiger charge is -1.91. The maximum atomic E-state index is 11.1. The second-order valence-electron chi connectivity index (χ2n) is 4.54. The van der Waals surface area contributed by atoms with Crippen LogP contribution in [0.3, 0.4) is 0 Å². The molecule has 21 heavy (non-hydrogen) atoms. The first kappa shape index (κ1) is 13.1. The molecule has 0 bridgehead atoms. The molecule has 2 heterocycles. The number of ether oxygens (including phenoxy) is 1. The summed E-state index contributed by atoms with van der Waals surface area (Å²) in [7, 11) is 0. The molecule has 4 rings (SSSR count). The van der Waals surface area contributed by atoms with Gasteiger partial charge in [-0.2, -0.15) is 0 Å². The van der Waals surface area contributed by atoms with E-state index in [0.717, 1.165) is 5.56 Å². The zero-order chi connectivity index (χ0) is 14.7. The first-order valence-electron chi connectivity index (χ1n) is 6.49. The fraction of sp³-hybridized carbons (Fsp3) is 0.0588. The second-order valence-corrected chi connectivity index (χ2v) is 4.54. The van der Waals surface area contributed by atoms with Gasteiger partial charge >= 0.3 is 5.97 Å². The number of fused-ring (bicyclic) bond motifs is 2. The Morgan fingerprint density at radius 1 is 0.857 bits per heavy atom. The SMILES string of the molecule is O=C1Cc2ccccc2O1.O=c1ccoc2ccccc12. The van der Waals surface area contributed by atoms with Crippen LogP contribution in [-0.4, -0.2) is 5.97 Å². The Bertz CT molecular complexity index is 816. The summed E-state index contributed by atoms with van der Waals surface area (Å²) >= 11 is 0. The first-order valence-corrected chi connectivity index (χ1v) is 6.49. The van der Waals surface area contributed by atoms with Crippen molar-refractivity contribution in [3.8, 4) is 5.75 Å². The Kier molecular flexibility index (Phi) is 3.51. The smallest absolute Gasteiger partial charge is 0.315 e. The maximum absolute atomic E-state index is 11.1. The van der Waals surface area contributed by atoms with Gasteiger partial charge in [-0.05, 0) is 18.2 Å². The summed E-state index contributed by atoms with van der Waals surface area (Å²) in [4.78, 5) is 21.8. The molecule has 0 saturated carbocycles. The van der Waals surface area contributed by atoms with E-state index in [1.807, 2.05) is 30.3 Å². The van der Waals surface area contributed by atoms with Gasteiger partial charge < -0.3 is 9.15 Å². The van der Waals surface area contributed by atoms with Crippen LogP contribution in [0.5, 0.6) is 5.75 Å². The fourth-order valence-corrected chi connectivity index (χ4v) is 2.10. The van der Waals surface area contributed by atoms with E-state index >= 15 is 0 Å². The van der Waals surface area contributed by atoms with Crippen molar-refractivity contribution < 1.29 is 13.9 Å². The molecule has 0 N–H and O–H groups in total. The molecule has 0 amide bonds. The summed E-state index contributed by atoms with van der Waals surface area (Å²) < 4.78 is 9.96. The quantitative estimate of drug-likeness (QED) is 0.469. The highest BCUT2D eigenvalue weighted by atomic mass is 16.5. The third-order valence-corrected chi connectivity index (χ3v) is 3.10. The van der Waals surface area contributed by atoms with Crippen LogP contribution in [0.15, 0.2) is 70.1 Å². The molecule has 0 radical (unpaired) electrons. The minimum absolute atomic E-state index is 0.00634. The molecule has 0 fully saturated rings. The predicted molar refractivity (Wildman–Crippen MR) is 78.3 cm³/mol. The largest absolute Gasteiger partial charge is 0.464 e. The Morgan fingerprint density at radius 2 is 1.62 bits per heavy atom. The highest BCUT2D eigenvalue weighted by Crippen LogP contribution is 2.24. The van der Waals surface area contributed by atoms with Crippen molar-refractivity contribution in [1.82, 2.24) is 0 Å². The van der Waals surface area contributed by atoms with Crippen LogP contribution in [0.2, 0.25) is 0 Å². The molecular formula is C17H12O4. The van der Waals surface area contributed by atoms with Gasteiger partial charge in [-0.3, -0.25) is 9.59 Å². The van der Waals surface area contributed by atoms with Crippen molar-refractivity contribution in [2.45, 2.75) is 6.42 Å². The summed E-state index contributed by atoms with van der Waals surface area (Å²) in [5.41, 5.74) is 1.64. The van der Waals surface area contributed by atoms with Crippen LogP contribution in [0, 0.1) is 0 Å². The molecule has 2 aromatic carbocycles. The third kappa shape index (κ3) is 2.84. The van der Waals surface area contributed by atoms with E-state index in [2.05, 4.69) is 0 Å². The molecule has 1 aromatic heterocycles. The number of carbonyl (C=O) groups excluding carboxylic acids is 1. The summed E-state index contributed by atoms with van der Waals surface area (Å²) in [6.45, 7) is 0. The van der Waals surface area contributed by atoms with Gasteiger partial charge in [-0.25, -0.2) is 0 Å². The number of para-hydroxylation sites is 2. The van der Waals surface area contributed by atoms with Crippen LogP contribution in [-0.2, 0) is 11.2 Å². The van der Waals surface area contributed by atoms with Crippen LogP contribution < -0.4 is 10.2 Å².